The second-order valence-corrected chi connectivity index (χ2v) is 4.79. The van der Waals surface area contributed by atoms with Gasteiger partial charge in [0.2, 0.25) is 0 Å². The van der Waals surface area contributed by atoms with E-state index >= 15 is 0 Å². The van der Waals surface area contributed by atoms with Crippen molar-refractivity contribution < 1.29 is 27.1 Å². The van der Waals surface area contributed by atoms with E-state index in [1.165, 1.54) is 0 Å². The smallest absolute Gasteiger partial charge is 0.378 e. The Kier molecular flexibility index (Phi) is 4.42. The fourth-order valence-corrected chi connectivity index (χ4v) is 2.21. The van der Waals surface area contributed by atoms with E-state index in [0.717, 1.165) is 12.8 Å². The third-order valence-corrected chi connectivity index (χ3v) is 3.31. The zero-order chi connectivity index (χ0) is 14.8. The fraction of sp³-hybridized carbons (Fsp3) is 0.500. The zero-order valence-corrected chi connectivity index (χ0v) is 10.7. The second-order valence-electron chi connectivity index (χ2n) is 4.79. The number of rotatable bonds is 4. The molecule has 1 aliphatic heterocycles. The highest BCUT2D eigenvalue weighted by molar-refractivity contribution is 5.96. The summed E-state index contributed by atoms with van der Waals surface area (Å²) in [5.74, 6) is -1.54. The van der Waals surface area contributed by atoms with Crippen LogP contribution in [0.5, 0.6) is 0 Å². The highest BCUT2D eigenvalue weighted by atomic mass is 19.4. The zero-order valence-electron chi connectivity index (χ0n) is 10.7. The molecule has 0 amide bonds. The lowest BCUT2D eigenvalue weighted by atomic mass is 10.0. The van der Waals surface area contributed by atoms with Crippen LogP contribution in [0.2, 0.25) is 0 Å². The van der Waals surface area contributed by atoms with Crippen molar-refractivity contribution >= 4 is 5.78 Å². The van der Waals surface area contributed by atoms with Gasteiger partial charge in [0, 0.05) is 13.0 Å². The minimum atomic E-state index is -4.59. The molecular formula is C14H14F4O2. The Balaban J connectivity index is 2.08. The van der Waals surface area contributed by atoms with E-state index in [0.29, 0.717) is 31.2 Å². The van der Waals surface area contributed by atoms with Crippen LogP contribution >= 0.6 is 0 Å². The molecule has 0 aliphatic carbocycles. The number of benzene rings is 1. The predicted octanol–water partition coefficient (Wildman–Crippen LogP) is 3.99. The largest absolute Gasteiger partial charge is 0.416 e. The maximum atomic E-state index is 13.5. The molecule has 1 fully saturated rings. The lowest BCUT2D eigenvalue weighted by Crippen LogP contribution is -2.12. The normalized spacial score (nSPS) is 19.3. The van der Waals surface area contributed by atoms with Crippen molar-refractivity contribution in [1.82, 2.24) is 0 Å². The maximum absolute atomic E-state index is 13.5. The van der Waals surface area contributed by atoms with E-state index in [2.05, 4.69) is 0 Å². The van der Waals surface area contributed by atoms with Crippen molar-refractivity contribution in [2.24, 2.45) is 0 Å². The molecule has 1 aromatic carbocycles. The molecule has 0 spiro atoms. The summed E-state index contributed by atoms with van der Waals surface area (Å²) >= 11 is 0. The number of alkyl halides is 3. The second kappa shape index (κ2) is 5.91. The molecule has 2 nitrogen and oxygen atoms in total. The summed E-state index contributed by atoms with van der Waals surface area (Å²) in [4.78, 5) is 11.8. The van der Waals surface area contributed by atoms with E-state index in [-0.39, 0.29) is 12.5 Å². The Morgan fingerprint density at radius 1 is 1.35 bits per heavy atom. The van der Waals surface area contributed by atoms with Gasteiger partial charge in [0.05, 0.1) is 17.2 Å². The fourth-order valence-electron chi connectivity index (χ4n) is 2.21. The van der Waals surface area contributed by atoms with Crippen LogP contribution in [-0.2, 0) is 10.9 Å². The van der Waals surface area contributed by atoms with E-state index in [1.54, 1.807) is 0 Å². The molecule has 1 unspecified atom stereocenters. The lowest BCUT2D eigenvalue weighted by Gasteiger charge is -2.11. The summed E-state index contributed by atoms with van der Waals surface area (Å²) in [6.45, 7) is 0.636. The number of hydrogen-bond acceptors (Lipinski definition) is 2. The van der Waals surface area contributed by atoms with Gasteiger partial charge in [0.1, 0.15) is 5.82 Å². The van der Waals surface area contributed by atoms with E-state index in [1.807, 2.05) is 0 Å². The molecule has 2 rings (SSSR count). The number of halogens is 4. The minimum absolute atomic E-state index is 0.0110. The molecule has 1 aliphatic rings. The van der Waals surface area contributed by atoms with Crippen LogP contribution in [0.1, 0.15) is 41.6 Å². The lowest BCUT2D eigenvalue weighted by molar-refractivity contribution is -0.137. The molecule has 0 aromatic heterocycles. The summed E-state index contributed by atoms with van der Waals surface area (Å²) in [5.41, 5.74) is -1.52. The van der Waals surface area contributed by atoms with Crippen LogP contribution in [0.25, 0.3) is 0 Å². The van der Waals surface area contributed by atoms with E-state index < -0.39 is 28.9 Å². The van der Waals surface area contributed by atoms with Gasteiger partial charge < -0.3 is 4.74 Å². The van der Waals surface area contributed by atoms with Crippen LogP contribution in [0, 0.1) is 5.82 Å². The summed E-state index contributed by atoms with van der Waals surface area (Å²) in [6.07, 6.45) is -2.49. The first-order valence-corrected chi connectivity index (χ1v) is 6.39. The number of carbonyl (C=O) groups excluding carboxylic acids is 1. The predicted molar refractivity (Wildman–Crippen MR) is 63.9 cm³/mol. The van der Waals surface area contributed by atoms with Crippen LogP contribution in [0.4, 0.5) is 17.6 Å². The van der Waals surface area contributed by atoms with Crippen molar-refractivity contribution in [3.05, 3.63) is 35.1 Å². The van der Waals surface area contributed by atoms with Crippen molar-refractivity contribution in [3.63, 3.8) is 0 Å². The van der Waals surface area contributed by atoms with Crippen LogP contribution in [0.3, 0.4) is 0 Å². The van der Waals surface area contributed by atoms with Crippen LogP contribution < -0.4 is 0 Å². The number of ketones is 1. The first-order valence-electron chi connectivity index (χ1n) is 6.39. The van der Waals surface area contributed by atoms with Gasteiger partial charge in [-0.1, -0.05) is 0 Å². The van der Waals surface area contributed by atoms with Crippen molar-refractivity contribution in [1.29, 1.82) is 0 Å². The summed E-state index contributed by atoms with van der Waals surface area (Å²) in [6, 6.07) is 1.89. The van der Waals surface area contributed by atoms with Crippen LogP contribution in [-0.4, -0.2) is 18.5 Å². The molecule has 0 bridgehead atoms. The van der Waals surface area contributed by atoms with Gasteiger partial charge >= 0.3 is 6.18 Å². The highest BCUT2D eigenvalue weighted by Crippen LogP contribution is 2.31. The molecule has 0 N–H and O–H groups in total. The minimum Gasteiger partial charge on any atom is -0.378 e. The third kappa shape index (κ3) is 3.56. The highest BCUT2D eigenvalue weighted by Gasteiger charge is 2.32. The van der Waals surface area contributed by atoms with Gasteiger partial charge in [0.15, 0.2) is 5.78 Å². The van der Waals surface area contributed by atoms with Gasteiger partial charge in [-0.2, -0.15) is 13.2 Å². The molecule has 0 saturated carbocycles. The molecule has 1 aromatic rings. The van der Waals surface area contributed by atoms with Crippen molar-refractivity contribution in [2.75, 3.05) is 6.61 Å². The van der Waals surface area contributed by atoms with Gasteiger partial charge in [0.25, 0.3) is 0 Å². The van der Waals surface area contributed by atoms with Crippen LogP contribution in [0.15, 0.2) is 18.2 Å². The number of Topliss-reactive ketones (excluding diaryl/α,β-unsaturated/α-hetero) is 1. The average Bonchev–Trinajstić information content (AvgIpc) is 2.88. The Morgan fingerprint density at radius 2 is 2.10 bits per heavy atom. The van der Waals surface area contributed by atoms with E-state index in [4.69, 9.17) is 4.74 Å². The monoisotopic (exact) mass is 290 g/mol. The maximum Gasteiger partial charge on any atom is 0.416 e. The number of hydrogen-bond donors (Lipinski definition) is 0. The quantitative estimate of drug-likeness (QED) is 0.619. The Hall–Kier alpha value is -1.43. The first kappa shape index (κ1) is 15.0. The summed E-state index contributed by atoms with van der Waals surface area (Å²) in [7, 11) is 0. The van der Waals surface area contributed by atoms with Gasteiger partial charge in [-0.25, -0.2) is 4.39 Å². The molecular weight excluding hydrogens is 276 g/mol. The molecule has 20 heavy (non-hydrogen) atoms. The number of carbonyl (C=O) groups is 1. The van der Waals surface area contributed by atoms with Gasteiger partial charge in [-0.05, 0) is 37.5 Å². The van der Waals surface area contributed by atoms with Crippen molar-refractivity contribution in [3.8, 4) is 0 Å². The Morgan fingerprint density at radius 3 is 2.70 bits per heavy atom. The Labute approximate surface area is 113 Å². The molecule has 110 valence electrons. The molecule has 6 heteroatoms. The average molecular weight is 290 g/mol. The SMILES string of the molecule is O=C(CCC1CCCO1)c1cc(C(F)(F)F)ccc1F. The Bertz CT molecular complexity index is 490. The molecule has 1 saturated heterocycles. The molecule has 1 atom stereocenters. The number of ether oxygens (including phenoxy) is 1. The topological polar surface area (TPSA) is 26.3 Å². The third-order valence-electron chi connectivity index (χ3n) is 3.31. The summed E-state index contributed by atoms with van der Waals surface area (Å²) < 4.78 is 56.4. The standard InChI is InChI=1S/C14H14F4O2/c15-12-5-3-9(14(16,17)18)8-11(12)13(19)6-4-10-2-1-7-20-10/h3,5,8,10H,1-2,4,6-7H2. The van der Waals surface area contributed by atoms with E-state index in [9.17, 15) is 22.4 Å². The van der Waals surface area contributed by atoms with Crippen molar-refractivity contribution in [2.45, 2.75) is 38.0 Å². The first-order chi connectivity index (χ1) is 9.38. The van der Waals surface area contributed by atoms with Gasteiger partial charge in [-0.15, -0.1) is 0 Å². The summed E-state index contributed by atoms with van der Waals surface area (Å²) in [5, 5.41) is 0. The van der Waals surface area contributed by atoms with Gasteiger partial charge in [-0.3, -0.25) is 4.79 Å². The molecule has 0 radical (unpaired) electrons. The molecule has 1 heterocycles.